The van der Waals surface area contributed by atoms with E-state index in [1.54, 1.807) is 0 Å². The highest BCUT2D eigenvalue weighted by atomic mass is 16.6. The molecule has 0 saturated carbocycles. The SMILES string of the molecule is CC1C2CCCN1CCN2C(=O)OC(C)(C)C. The van der Waals surface area contributed by atoms with E-state index in [1.807, 2.05) is 25.7 Å². The molecule has 2 bridgehead atoms. The molecule has 2 aliphatic rings. The van der Waals surface area contributed by atoms with Crippen LogP contribution < -0.4 is 0 Å². The number of nitrogens with zero attached hydrogens (tertiary/aromatic N) is 2. The van der Waals surface area contributed by atoms with Gasteiger partial charge in [0, 0.05) is 19.1 Å². The van der Waals surface area contributed by atoms with E-state index >= 15 is 0 Å². The first-order valence-corrected chi connectivity index (χ1v) is 6.62. The Morgan fingerprint density at radius 3 is 2.59 bits per heavy atom. The molecular formula is C13H24N2O2. The first-order valence-electron chi connectivity index (χ1n) is 6.62. The van der Waals surface area contributed by atoms with Crippen molar-refractivity contribution < 1.29 is 9.53 Å². The minimum atomic E-state index is -0.397. The van der Waals surface area contributed by atoms with Crippen molar-refractivity contribution in [3.05, 3.63) is 0 Å². The second-order valence-electron chi connectivity index (χ2n) is 6.16. The van der Waals surface area contributed by atoms with E-state index in [1.165, 1.54) is 13.0 Å². The van der Waals surface area contributed by atoms with Crippen molar-refractivity contribution in [3.8, 4) is 0 Å². The van der Waals surface area contributed by atoms with Crippen molar-refractivity contribution in [2.24, 2.45) is 0 Å². The van der Waals surface area contributed by atoms with Gasteiger partial charge in [-0.25, -0.2) is 4.79 Å². The van der Waals surface area contributed by atoms with E-state index in [9.17, 15) is 4.79 Å². The van der Waals surface area contributed by atoms with Gasteiger partial charge in [0.05, 0.1) is 6.04 Å². The largest absolute Gasteiger partial charge is 0.444 e. The molecule has 0 radical (unpaired) electrons. The highest BCUT2D eigenvalue weighted by molar-refractivity contribution is 5.69. The van der Waals surface area contributed by atoms with Gasteiger partial charge >= 0.3 is 6.09 Å². The third-order valence-corrected chi connectivity index (χ3v) is 3.73. The van der Waals surface area contributed by atoms with Gasteiger partial charge in [-0.2, -0.15) is 0 Å². The summed E-state index contributed by atoms with van der Waals surface area (Å²) < 4.78 is 5.49. The summed E-state index contributed by atoms with van der Waals surface area (Å²) >= 11 is 0. The fourth-order valence-electron chi connectivity index (χ4n) is 2.87. The Kier molecular flexibility index (Phi) is 3.34. The Labute approximate surface area is 104 Å². The average Bonchev–Trinajstić information content (AvgIpc) is 2.13. The number of piperidine rings is 1. The lowest BCUT2D eigenvalue weighted by molar-refractivity contribution is -0.0319. The van der Waals surface area contributed by atoms with Crippen LogP contribution in [0.3, 0.4) is 0 Å². The van der Waals surface area contributed by atoms with Gasteiger partial charge in [-0.3, -0.25) is 4.90 Å². The predicted molar refractivity (Wildman–Crippen MR) is 67.0 cm³/mol. The highest BCUT2D eigenvalue weighted by Gasteiger charge is 2.39. The van der Waals surface area contributed by atoms with Crippen LogP contribution in [-0.4, -0.2) is 53.2 Å². The van der Waals surface area contributed by atoms with E-state index in [0.29, 0.717) is 12.1 Å². The molecule has 2 aliphatic heterocycles. The summed E-state index contributed by atoms with van der Waals surface area (Å²) in [6.45, 7) is 11.0. The van der Waals surface area contributed by atoms with Crippen molar-refractivity contribution in [2.75, 3.05) is 19.6 Å². The average molecular weight is 240 g/mol. The molecule has 1 amide bonds. The Morgan fingerprint density at radius 1 is 1.24 bits per heavy atom. The van der Waals surface area contributed by atoms with Crippen LogP contribution in [0.4, 0.5) is 4.79 Å². The molecule has 3 atom stereocenters. The minimum absolute atomic E-state index is 0.143. The summed E-state index contributed by atoms with van der Waals surface area (Å²) in [6.07, 6.45) is 2.15. The standard InChI is InChI=1S/C13H24N2O2/c1-10-11-6-5-7-14(10)8-9-15(11)12(16)17-13(2,3)4/h10-11H,5-9H2,1-4H3. The third-order valence-electron chi connectivity index (χ3n) is 3.73. The maximum Gasteiger partial charge on any atom is 0.410 e. The fourth-order valence-corrected chi connectivity index (χ4v) is 2.87. The molecule has 2 rings (SSSR count). The van der Waals surface area contributed by atoms with E-state index in [0.717, 1.165) is 19.5 Å². The summed E-state index contributed by atoms with van der Waals surface area (Å²) in [5, 5.41) is 0. The number of hydrogen-bond acceptors (Lipinski definition) is 3. The minimum Gasteiger partial charge on any atom is -0.444 e. The Morgan fingerprint density at radius 2 is 1.94 bits per heavy atom. The quantitative estimate of drug-likeness (QED) is 0.650. The van der Waals surface area contributed by atoms with E-state index in [4.69, 9.17) is 4.74 Å². The molecule has 98 valence electrons. The zero-order valence-electron chi connectivity index (χ0n) is 11.4. The predicted octanol–water partition coefficient (Wildman–Crippen LogP) is 2.09. The molecule has 2 fully saturated rings. The number of piperazine rings is 1. The smallest absolute Gasteiger partial charge is 0.410 e. The number of rotatable bonds is 0. The van der Waals surface area contributed by atoms with Crippen LogP contribution in [-0.2, 0) is 4.74 Å². The molecule has 3 unspecified atom stereocenters. The van der Waals surface area contributed by atoms with Gasteiger partial charge in [-0.1, -0.05) is 0 Å². The summed E-state index contributed by atoms with van der Waals surface area (Å²) in [4.78, 5) is 16.6. The van der Waals surface area contributed by atoms with Gasteiger partial charge in [-0.05, 0) is 47.1 Å². The summed E-state index contributed by atoms with van der Waals surface area (Å²) in [6, 6.07) is 0.817. The molecule has 0 aromatic rings. The van der Waals surface area contributed by atoms with E-state index in [2.05, 4.69) is 11.8 Å². The monoisotopic (exact) mass is 240 g/mol. The Bertz CT molecular complexity index is 298. The molecule has 2 heterocycles. The summed E-state index contributed by atoms with van der Waals surface area (Å²) in [7, 11) is 0. The number of carbonyl (C=O) groups excluding carboxylic acids is 1. The first kappa shape index (κ1) is 12.7. The first-order chi connectivity index (χ1) is 7.88. The lowest BCUT2D eigenvalue weighted by atomic mass is 9.93. The molecule has 0 spiro atoms. The van der Waals surface area contributed by atoms with Gasteiger partial charge in [0.2, 0.25) is 0 Å². The summed E-state index contributed by atoms with van der Waals surface area (Å²) in [5.41, 5.74) is -0.397. The topological polar surface area (TPSA) is 32.8 Å². The molecule has 17 heavy (non-hydrogen) atoms. The zero-order valence-corrected chi connectivity index (χ0v) is 11.4. The third kappa shape index (κ3) is 2.73. The van der Waals surface area contributed by atoms with Crippen LogP contribution in [0.1, 0.15) is 40.5 Å². The van der Waals surface area contributed by atoms with E-state index in [-0.39, 0.29) is 6.09 Å². The van der Waals surface area contributed by atoms with Crippen LogP contribution in [0.25, 0.3) is 0 Å². The molecular weight excluding hydrogens is 216 g/mol. The number of hydrogen-bond donors (Lipinski definition) is 0. The molecule has 4 heteroatoms. The van der Waals surface area contributed by atoms with Gasteiger partial charge in [0.25, 0.3) is 0 Å². The van der Waals surface area contributed by atoms with Crippen LogP contribution in [0.2, 0.25) is 0 Å². The van der Waals surface area contributed by atoms with Crippen LogP contribution >= 0.6 is 0 Å². The molecule has 0 aromatic heterocycles. The lowest BCUT2D eigenvalue weighted by Crippen LogP contribution is -2.62. The van der Waals surface area contributed by atoms with Crippen LogP contribution in [0.15, 0.2) is 0 Å². The Balaban J connectivity index is 2.03. The Hall–Kier alpha value is -0.770. The second kappa shape index (κ2) is 4.48. The molecule has 0 aromatic carbocycles. The number of ether oxygens (including phenoxy) is 1. The van der Waals surface area contributed by atoms with Crippen molar-refractivity contribution in [3.63, 3.8) is 0 Å². The highest BCUT2D eigenvalue weighted by Crippen LogP contribution is 2.27. The number of amides is 1. The zero-order chi connectivity index (χ0) is 12.6. The number of carbonyl (C=O) groups is 1. The van der Waals surface area contributed by atoms with Gasteiger partial charge < -0.3 is 9.64 Å². The van der Waals surface area contributed by atoms with Crippen molar-refractivity contribution in [1.82, 2.24) is 9.80 Å². The molecule has 2 saturated heterocycles. The number of fused-ring (bicyclic) bond motifs is 2. The van der Waals surface area contributed by atoms with Gasteiger partial charge in [-0.15, -0.1) is 0 Å². The van der Waals surface area contributed by atoms with Gasteiger partial charge in [0.15, 0.2) is 0 Å². The van der Waals surface area contributed by atoms with Crippen molar-refractivity contribution in [2.45, 2.75) is 58.2 Å². The maximum atomic E-state index is 12.1. The maximum absolute atomic E-state index is 12.1. The molecule has 0 N–H and O–H groups in total. The normalized spacial score (nSPS) is 33.4. The van der Waals surface area contributed by atoms with Crippen molar-refractivity contribution >= 4 is 6.09 Å². The molecule has 4 nitrogen and oxygen atoms in total. The molecule has 0 aliphatic carbocycles. The lowest BCUT2D eigenvalue weighted by Gasteiger charge is -2.49. The van der Waals surface area contributed by atoms with Crippen LogP contribution in [0.5, 0.6) is 0 Å². The fraction of sp³-hybridized carbons (Fsp3) is 0.923. The second-order valence-corrected chi connectivity index (χ2v) is 6.16. The van der Waals surface area contributed by atoms with Crippen LogP contribution in [0, 0.1) is 0 Å². The summed E-state index contributed by atoms with van der Waals surface area (Å²) in [5.74, 6) is 0. The van der Waals surface area contributed by atoms with Crippen molar-refractivity contribution in [1.29, 1.82) is 0 Å². The van der Waals surface area contributed by atoms with Gasteiger partial charge in [0.1, 0.15) is 5.60 Å². The van der Waals surface area contributed by atoms with E-state index < -0.39 is 5.60 Å².